The monoisotopic (exact) mass is 281 g/mol. The molecule has 2 rings (SSSR count). The summed E-state index contributed by atoms with van der Waals surface area (Å²) >= 11 is 0. The Balaban J connectivity index is 2.38. The predicted molar refractivity (Wildman–Crippen MR) is 76.2 cm³/mol. The van der Waals surface area contributed by atoms with Crippen molar-refractivity contribution in [2.45, 2.75) is 31.7 Å². The Morgan fingerprint density at radius 1 is 1.45 bits per heavy atom. The van der Waals surface area contributed by atoms with Crippen LogP contribution in [0.3, 0.4) is 0 Å². The van der Waals surface area contributed by atoms with Gasteiger partial charge in [-0.05, 0) is 12.8 Å². The molecule has 1 aromatic carbocycles. The van der Waals surface area contributed by atoms with Gasteiger partial charge in [0.05, 0.1) is 25.0 Å². The number of nitrogen functional groups attached to an aromatic ring is 1. The highest BCUT2D eigenvalue weighted by Gasteiger charge is 2.26. The fourth-order valence-electron chi connectivity index (χ4n) is 2.76. The number of hydrogen-bond acceptors (Lipinski definition) is 4. The van der Waals surface area contributed by atoms with Crippen LogP contribution in [-0.4, -0.2) is 25.6 Å². The van der Waals surface area contributed by atoms with Gasteiger partial charge in [-0.1, -0.05) is 12.8 Å². The van der Waals surface area contributed by atoms with Gasteiger partial charge >= 0.3 is 0 Å². The summed E-state index contributed by atoms with van der Waals surface area (Å²) in [7, 11) is 1.40. The van der Waals surface area contributed by atoms with Crippen molar-refractivity contribution in [1.29, 1.82) is 0 Å². The number of hydrogen-bond donors (Lipinski definition) is 2. The first-order valence-corrected chi connectivity index (χ1v) is 6.71. The van der Waals surface area contributed by atoms with Gasteiger partial charge in [0, 0.05) is 18.2 Å². The van der Waals surface area contributed by atoms with Crippen LogP contribution >= 0.6 is 0 Å². The summed E-state index contributed by atoms with van der Waals surface area (Å²) < 4.78 is 18.6. The highest BCUT2D eigenvalue weighted by molar-refractivity contribution is 5.82. The summed E-state index contributed by atoms with van der Waals surface area (Å²) in [4.78, 5) is 13.2. The maximum atomic E-state index is 13.6. The third-order valence-corrected chi connectivity index (χ3v) is 3.70. The van der Waals surface area contributed by atoms with Gasteiger partial charge in [0.2, 0.25) is 5.91 Å². The fourth-order valence-corrected chi connectivity index (χ4v) is 2.76. The molecule has 0 unspecified atom stereocenters. The van der Waals surface area contributed by atoms with E-state index < -0.39 is 11.7 Å². The highest BCUT2D eigenvalue weighted by Crippen LogP contribution is 2.35. The molecule has 1 aromatic rings. The highest BCUT2D eigenvalue weighted by atomic mass is 19.1. The Hall–Kier alpha value is -1.98. The second-order valence-electron chi connectivity index (χ2n) is 5.08. The van der Waals surface area contributed by atoms with Crippen LogP contribution < -0.4 is 21.1 Å². The van der Waals surface area contributed by atoms with Gasteiger partial charge in [-0.15, -0.1) is 0 Å². The number of anilines is 2. The Labute approximate surface area is 117 Å². The van der Waals surface area contributed by atoms with Crippen LogP contribution in [0.4, 0.5) is 15.8 Å². The van der Waals surface area contributed by atoms with Crippen molar-refractivity contribution >= 4 is 17.3 Å². The van der Waals surface area contributed by atoms with Crippen molar-refractivity contribution in [2.75, 3.05) is 24.3 Å². The van der Waals surface area contributed by atoms with E-state index in [1.807, 2.05) is 4.90 Å². The van der Waals surface area contributed by atoms with Crippen LogP contribution in [0, 0.1) is 5.82 Å². The van der Waals surface area contributed by atoms with E-state index in [9.17, 15) is 9.18 Å². The number of carbonyl (C=O) groups excluding carboxylic acids is 1. The van der Waals surface area contributed by atoms with E-state index in [0.717, 1.165) is 25.7 Å². The number of benzene rings is 1. The topological polar surface area (TPSA) is 81.6 Å². The quantitative estimate of drug-likeness (QED) is 0.804. The zero-order valence-electron chi connectivity index (χ0n) is 11.6. The summed E-state index contributed by atoms with van der Waals surface area (Å²) in [5.74, 6) is -0.833. The van der Waals surface area contributed by atoms with Crippen molar-refractivity contribution in [1.82, 2.24) is 0 Å². The number of carbonyl (C=O) groups is 1. The van der Waals surface area contributed by atoms with Gasteiger partial charge in [0.25, 0.3) is 0 Å². The molecule has 20 heavy (non-hydrogen) atoms. The van der Waals surface area contributed by atoms with Crippen molar-refractivity contribution in [3.05, 3.63) is 17.9 Å². The summed E-state index contributed by atoms with van der Waals surface area (Å²) in [6.07, 6.45) is 4.18. The number of nitrogens with two attached hydrogens (primary N) is 2. The van der Waals surface area contributed by atoms with Crippen LogP contribution in [0.1, 0.15) is 25.7 Å². The average molecular weight is 281 g/mol. The molecule has 1 aliphatic rings. The van der Waals surface area contributed by atoms with Gasteiger partial charge in [-0.3, -0.25) is 4.79 Å². The lowest BCUT2D eigenvalue weighted by Gasteiger charge is -2.31. The van der Waals surface area contributed by atoms with E-state index in [-0.39, 0.29) is 24.0 Å². The smallest absolute Gasteiger partial charge is 0.236 e. The van der Waals surface area contributed by atoms with Crippen LogP contribution in [-0.2, 0) is 4.79 Å². The lowest BCUT2D eigenvalue weighted by atomic mass is 10.1. The molecule has 1 saturated carbocycles. The zero-order chi connectivity index (χ0) is 14.7. The Kier molecular flexibility index (Phi) is 4.32. The zero-order valence-corrected chi connectivity index (χ0v) is 11.6. The van der Waals surface area contributed by atoms with E-state index in [1.54, 1.807) is 0 Å². The third kappa shape index (κ3) is 2.95. The standard InChI is InChI=1S/C14H20FN3O2/c1-20-13-7-12(11(16)6-10(13)15)18(8-14(17)19)9-4-2-3-5-9/h6-7,9H,2-5,8,16H2,1H3,(H2,17,19). The van der Waals surface area contributed by atoms with E-state index in [0.29, 0.717) is 5.69 Å². The first kappa shape index (κ1) is 14.4. The molecule has 6 heteroatoms. The van der Waals surface area contributed by atoms with Crippen LogP contribution in [0.2, 0.25) is 0 Å². The second kappa shape index (κ2) is 5.98. The lowest BCUT2D eigenvalue weighted by molar-refractivity contribution is -0.116. The molecule has 0 radical (unpaired) electrons. The molecule has 110 valence electrons. The van der Waals surface area contributed by atoms with Gasteiger partial charge < -0.3 is 21.1 Å². The molecular formula is C14H20FN3O2. The molecule has 0 spiro atoms. The number of methoxy groups -OCH3 is 1. The molecule has 0 atom stereocenters. The molecule has 0 saturated heterocycles. The lowest BCUT2D eigenvalue weighted by Crippen LogP contribution is -2.40. The third-order valence-electron chi connectivity index (χ3n) is 3.70. The molecule has 1 fully saturated rings. The predicted octanol–water partition coefficient (Wildman–Crippen LogP) is 1.65. The minimum atomic E-state index is -0.515. The number of rotatable bonds is 5. The summed E-state index contributed by atoms with van der Waals surface area (Å²) in [6.45, 7) is 0.0731. The van der Waals surface area contributed by atoms with Crippen LogP contribution in [0.25, 0.3) is 0 Å². The largest absolute Gasteiger partial charge is 0.494 e. The number of primary amides is 1. The van der Waals surface area contributed by atoms with Crippen molar-refractivity contribution in [2.24, 2.45) is 5.73 Å². The summed E-state index contributed by atoms with van der Waals surface area (Å²) in [5, 5.41) is 0. The number of halogens is 1. The minimum absolute atomic E-state index is 0.0731. The Morgan fingerprint density at radius 3 is 2.65 bits per heavy atom. The first-order valence-electron chi connectivity index (χ1n) is 6.71. The summed E-state index contributed by atoms with van der Waals surface area (Å²) in [6, 6.07) is 2.96. The Bertz CT molecular complexity index is 501. The van der Waals surface area contributed by atoms with Gasteiger partial charge in [-0.25, -0.2) is 4.39 Å². The average Bonchev–Trinajstić information content (AvgIpc) is 2.90. The Morgan fingerprint density at radius 2 is 2.10 bits per heavy atom. The number of nitrogens with zero attached hydrogens (tertiary/aromatic N) is 1. The van der Waals surface area contributed by atoms with Crippen LogP contribution in [0.15, 0.2) is 12.1 Å². The van der Waals surface area contributed by atoms with E-state index in [1.165, 1.54) is 19.2 Å². The molecular weight excluding hydrogens is 261 g/mol. The SMILES string of the molecule is COc1cc(N(CC(N)=O)C2CCCC2)c(N)cc1F. The van der Waals surface area contributed by atoms with Crippen molar-refractivity contribution in [3.63, 3.8) is 0 Å². The molecule has 0 aromatic heterocycles. The maximum absolute atomic E-state index is 13.6. The van der Waals surface area contributed by atoms with E-state index in [2.05, 4.69) is 0 Å². The van der Waals surface area contributed by atoms with Gasteiger partial charge in [0.1, 0.15) is 0 Å². The summed E-state index contributed by atoms with van der Waals surface area (Å²) in [5.41, 5.74) is 12.1. The molecule has 5 nitrogen and oxygen atoms in total. The number of ether oxygens (including phenoxy) is 1. The maximum Gasteiger partial charge on any atom is 0.236 e. The molecule has 4 N–H and O–H groups in total. The second-order valence-corrected chi connectivity index (χ2v) is 5.08. The normalized spacial score (nSPS) is 15.3. The van der Waals surface area contributed by atoms with Crippen molar-refractivity contribution in [3.8, 4) is 5.75 Å². The van der Waals surface area contributed by atoms with E-state index >= 15 is 0 Å². The number of amides is 1. The van der Waals surface area contributed by atoms with Gasteiger partial charge in [-0.2, -0.15) is 0 Å². The molecule has 1 aliphatic carbocycles. The molecule has 0 bridgehead atoms. The van der Waals surface area contributed by atoms with Crippen molar-refractivity contribution < 1.29 is 13.9 Å². The van der Waals surface area contributed by atoms with E-state index in [4.69, 9.17) is 16.2 Å². The fraction of sp³-hybridized carbons (Fsp3) is 0.500. The molecule has 1 amide bonds. The first-order chi connectivity index (χ1) is 9.52. The van der Waals surface area contributed by atoms with Gasteiger partial charge in [0.15, 0.2) is 11.6 Å². The molecule has 0 aliphatic heterocycles. The molecule has 0 heterocycles. The minimum Gasteiger partial charge on any atom is -0.494 e. The van der Waals surface area contributed by atoms with Crippen LogP contribution in [0.5, 0.6) is 5.75 Å².